The van der Waals surface area contributed by atoms with Gasteiger partial charge in [-0.3, -0.25) is 4.99 Å². The van der Waals surface area contributed by atoms with Crippen LogP contribution in [0.5, 0.6) is 0 Å². The average molecular weight is 270 g/mol. The van der Waals surface area contributed by atoms with E-state index in [1.54, 1.807) is 11.8 Å². The van der Waals surface area contributed by atoms with Gasteiger partial charge in [0.2, 0.25) is 0 Å². The van der Waals surface area contributed by atoms with E-state index in [0.29, 0.717) is 0 Å². The van der Waals surface area contributed by atoms with Crippen LogP contribution >= 0.6 is 11.8 Å². The van der Waals surface area contributed by atoms with Crippen molar-refractivity contribution in [2.45, 2.75) is 13.8 Å². The van der Waals surface area contributed by atoms with Crippen LogP contribution in [0, 0.1) is 6.92 Å². The predicted octanol–water partition coefficient (Wildman–Crippen LogP) is 3.85. The molecule has 0 saturated carbocycles. The fourth-order valence-corrected chi connectivity index (χ4v) is 3.81. The van der Waals surface area contributed by atoms with Crippen LogP contribution in [0.2, 0.25) is 0 Å². The van der Waals surface area contributed by atoms with E-state index in [-0.39, 0.29) is 0 Å². The molecule has 4 rings (SSSR count). The molecule has 1 aromatic heterocycles. The van der Waals surface area contributed by atoms with Gasteiger partial charge in [0.25, 0.3) is 0 Å². The number of fused-ring (bicyclic) bond motifs is 2. The molecule has 2 aliphatic rings. The van der Waals surface area contributed by atoms with Crippen LogP contribution in [-0.4, -0.2) is 23.2 Å². The summed E-state index contributed by atoms with van der Waals surface area (Å²) in [6.45, 7) is 6.17. The molecule has 4 heteroatoms. The van der Waals surface area contributed by atoms with Gasteiger partial charge in [0.05, 0.1) is 18.5 Å². The molecule has 0 aliphatic carbocycles. The Labute approximate surface area is 116 Å². The largest absolute Gasteiger partial charge is 0.464 e. The third-order valence-electron chi connectivity index (χ3n) is 3.69. The highest BCUT2D eigenvalue weighted by Gasteiger charge is 2.30. The lowest BCUT2D eigenvalue weighted by Gasteiger charge is -2.17. The van der Waals surface area contributed by atoms with Crippen molar-refractivity contribution in [1.82, 2.24) is 4.90 Å². The van der Waals surface area contributed by atoms with E-state index < -0.39 is 0 Å². The number of hydrogen-bond donors (Lipinski definition) is 0. The highest BCUT2D eigenvalue weighted by atomic mass is 32.2. The molecular weight excluding hydrogens is 256 g/mol. The molecule has 1 aromatic carbocycles. The number of allylic oxidation sites excluding steroid dienone is 1. The minimum atomic E-state index is 0.909. The first kappa shape index (κ1) is 11.2. The molecule has 0 N–H and O–H groups in total. The molecule has 3 heterocycles. The Morgan fingerprint density at radius 3 is 3.11 bits per heavy atom. The Hall–Kier alpha value is -1.68. The number of benzene rings is 1. The topological polar surface area (TPSA) is 28.7 Å². The summed E-state index contributed by atoms with van der Waals surface area (Å²) in [4.78, 5) is 8.20. The van der Waals surface area contributed by atoms with E-state index in [1.165, 1.54) is 27.1 Å². The third kappa shape index (κ3) is 1.56. The number of aryl methyl sites for hydroxylation is 1. The first-order valence-electron chi connectivity index (χ1n) is 6.43. The second-order valence-electron chi connectivity index (χ2n) is 4.95. The van der Waals surface area contributed by atoms with Gasteiger partial charge in [0.15, 0.2) is 5.17 Å². The van der Waals surface area contributed by atoms with E-state index in [4.69, 9.17) is 4.42 Å². The lowest BCUT2D eigenvalue weighted by atomic mass is 10.1. The van der Waals surface area contributed by atoms with Gasteiger partial charge in [-0.1, -0.05) is 11.8 Å². The summed E-state index contributed by atoms with van der Waals surface area (Å²) in [6.07, 6.45) is 1.82. The zero-order chi connectivity index (χ0) is 13.0. The van der Waals surface area contributed by atoms with Crippen molar-refractivity contribution < 1.29 is 4.42 Å². The van der Waals surface area contributed by atoms with Crippen LogP contribution in [0.15, 0.2) is 38.8 Å². The van der Waals surface area contributed by atoms with Crippen molar-refractivity contribution in [3.8, 4) is 0 Å². The van der Waals surface area contributed by atoms with Crippen molar-refractivity contribution >= 4 is 33.6 Å². The maximum Gasteiger partial charge on any atom is 0.168 e. The van der Waals surface area contributed by atoms with E-state index in [2.05, 4.69) is 41.9 Å². The Morgan fingerprint density at radius 2 is 2.21 bits per heavy atom. The number of rotatable bonds is 1. The van der Waals surface area contributed by atoms with Gasteiger partial charge in [-0.05, 0) is 43.2 Å². The molecule has 0 fully saturated rings. The van der Waals surface area contributed by atoms with E-state index in [1.807, 2.05) is 6.26 Å². The minimum absolute atomic E-state index is 0.909. The molecule has 0 bridgehead atoms. The predicted molar refractivity (Wildman–Crippen MR) is 80.1 cm³/mol. The van der Waals surface area contributed by atoms with Crippen molar-refractivity contribution in [2.75, 3.05) is 13.1 Å². The summed E-state index contributed by atoms with van der Waals surface area (Å²) in [5.41, 5.74) is 4.72. The van der Waals surface area contributed by atoms with Gasteiger partial charge in [0.1, 0.15) is 5.58 Å². The van der Waals surface area contributed by atoms with Crippen molar-refractivity contribution in [3.63, 3.8) is 0 Å². The second-order valence-corrected chi connectivity index (χ2v) is 6.13. The normalized spacial score (nSPS) is 18.4. The zero-order valence-corrected chi connectivity index (χ0v) is 11.8. The number of amidine groups is 1. The highest BCUT2D eigenvalue weighted by Crippen LogP contribution is 2.41. The standard InChI is InChI=1S/C15H14N2OS/c1-9-8-18-13-4-3-11(7-12(9)13)14-10(2)19-15-16-5-6-17(14)15/h3-4,7-8H,5-6H2,1-2H3. The number of aliphatic imine (C=N–C) groups is 1. The molecule has 19 heavy (non-hydrogen) atoms. The number of nitrogens with zero attached hydrogens (tertiary/aromatic N) is 2. The summed E-state index contributed by atoms with van der Waals surface area (Å²) >= 11 is 1.78. The smallest absolute Gasteiger partial charge is 0.168 e. The molecule has 0 unspecified atom stereocenters. The van der Waals surface area contributed by atoms with Gasteiger partial charge in [-0.25, -0.2) is 0 Å². The van der Waals surface area contributed by atoms with Gasteiger partial charge in [-0.15, -0.1) is 0 Å². The molecule has 0 atom stereocenters. The van der Waals surface area contributed by atoms with Crippen molar-refractivity contribution in [3.05, 3.63) is 40.5 Å². The van der Waals surface area contributed by atoms with Gasteiger partial charge < -0.3 is 9.32 Å². The Kier molecular flexibility index (Phi) is 2.30. The van der Waals surface area contributed by atoms with Crippen molar-refractivity contribution in [1.29, 1.82) is 0 Å². The van der Waals surface area contributed by atoms with Crippen LogP contribution < -0.4 is 0 Å². The summed E-state index contributed by atoms with van der Waals surface area (Å²) in [5, 5.41) is 2.35. The third-order valence-corrected chi connectivity index (χ3v) is 4.72. The minimum Gasteiger partial charge on any atom is -0.464 e. The van der Waals surface area contributed by atoms with Gasteiger partial charge in [-0.2, -0.15) is 0 Å². The Bertz CT molecular complexity index is 742. The number of thioether (sulfide) groups is 1. The molecular formula is C15H14N2OS. The second kappa shape index (κ2) is 3.90. The van der Waals surface area contributed by atoms with Crippen LogP contribution in [0.4, 0.5) is 0 Å². The lowest BCUT2D eigenvalue weighted by Crippen LogP contribution is -2.19. The molecule has 96 valence electrons. The van der Waals surface area contributed by atoms with Gasteiger partial charge in [0, 0.05) is 16.8 Å². The fourth-order valence-electron chi connectivity index (χ4n) is 2.76. The van der Waals surface area contributed by atoms with Crippen LogP contribution in [0.1, 0.15) is 18.1 Å². The van der Waals surface area contributed by atoms with Crippen LogP contribution in [0.3, 0.4) is 0 Å². The monoisotopic (exact) mass is 270 g/mol. The van der Waals surface area contributed by atoms with E-state index >= 15 is 0 Å². The van der Waals surface area contributed by atoms with E-state index in [0.717, 1.165) is 23.8 Å². The van der Waals surface area contributed by atoms with E-state index in [9.17, 15) is 0 Å². The number of hydrogen-bond acceptors (Lipinski definition) is 4. The molecule has 2 aromatic rings. The zero-order valence-electron chi connectivity index (χ0n) is 10.9. The lowest BCUT2D eigenvalue weighted by molar-refractivity contribution is 0.613. The summed E-state index contributed by atoms with van der Waals surface area (Å²) in [6, 6.07) is 6.44. The number of furan rings is 1. The molecule has 0 radical (unpaired) electrons. The first-order valence-corrected chi connectivity index (χ1v) is 7.24. The maximum absolute atomic E-state index is 5.52. The summed E-state index contributed by atoms with van der Waals surface area (Å²) in [5.74, 6) is 0. The molecule has 0 amide bonds. The summed E-state index contributed by atoms with van der Waals surface area (Å²) in [7, 11) is 0. The molecule has 0 spiro atoms. The highest BCUT2D eigenvalue weighted by molar-refractivity contribution is 8.17. The molecule has 2 aliphatic heterocycles. The molecule has 0 saturated heterocycles. The summed E-state index contributed by atoms with van der Waals surface area (Å²) < 4.78 is 5.52. The quantitative estimate of drug-likeness (QED) is 0.788. The van der Waals surface area contributed by atoms with Crippen molar-refractivity contribution in [2.24, 2.45) is 4.99 Å². The Morgan fingerprint density at radius 1 is 1.32 bits per heavy atom. The fraction of sp³-hybridized carbons (Fsp3) is 0.267. The van der Waals surface area contributed by atoms with Gasteiger partial charge >= 0.3 is 0 Å². The first-order chi connectivity index (χ1) is 9.24. The molecule has 3 nitrogen and oxygen atoms in total. The Balaban J connectivity index is 1.88. The SMILES string of the molecule is CC1=C(c2ccc3occ(C)c3c2)N2CCN=C2S1. The average Bonchev–Trinajstić information content (AvgIpc) is 3.05. The maximum atomic E-state index is 5.52. The van der Waals surface area contributed by atoms with Crippen LogP contribution in [-0.2, 0) is 0 Å². The van der Waals surface area contributed by atoms with Crippen LogP contribution in [0.25, 0.3) is 16.7 Å².